The van der Waals surface area contributed by atoms with Gasteiger partial charge in [0.1, 0.15) is 0 Å². The Morgan fingerprint density at radius 2 is 1.28 bits per heavy atom. The van der Waals surface area contributed by atoms with Gasteiger partial charge in [-0.3, -0.25) is 0 Å². The number of thiophene rings is 1. The summed E-state index contributed by atoms with van der Waals surface area (Å²) in [4.78, 5) is 0. The Labute approximate surface area is 230 Å². The average Bonchev–Trinajstić information content (AvgIpc) is 3.57. The first kappa shape index (κ1) is 21.5. The van der Waals surface area contributed by atoms with Crippen molar-refractivity contribution >= 4 is 64.1 Å². The lowest BCUT2D eigenvalue weighted by molar-refractivity contribution is 0.667. The lowest BCUT2D eigenvalue weighted by Gasteiger charge is -2.23. The van der Waals surface area contributed by atoms with Crippen molar-refractivity contribution in [2.24, 2.45) is 0 Å². The Balaban J connectivity index is 1.37. The van der Waals surface area contributed by atoms with E-state index in [1.54, 1.807) is 0 Å². The van der Waals surface area contributed by atoms with Crippen LogP contribution in [0.2, 0.25) is 0 Å². The van der Waals surface area contributed by atoms with E-state index in [-0.39, 0.29) is 5.41 Å². The molecule has 2 heterocycles. The number of benzene rings is 6. The highest BCUT2D eigenvalue weighted by Crippen LogP contribution is 2.53. The number of rotatable bonds is 1. The SMILES string of the molecule is CC1(C)c2cc3c(cc2-c2ccc4ccccc4c21)c1ccccc1n3-c1ccc2c(c1)sc1ccccc12. The van der Waals surface area contributed by atoms with Gasteiger partial charge < -0.3 is 4.57 Å². The third-order valence-corrected chi connectivity index (χ3v) is 10.1. The fourth-order valence-corrected chi connectivity index (χ4v) is 8.33. The lowest BCUT2D eigenvalue weighted by Crippen LogP contribution is -2.15. The second-order valence-corrected chi connectivity index (χ2v) is 12.5. The molecule has 0 fully saturated rings. The van der Waals surface area contributed by atoms with Crippen LogP contribution in [-0.2, 0) is 5.41 Å². The summed E-state index contributed by atoms with van der Waals surface area (Å²) in [6, 6.07) is 43.0. The zero-order chi connectivity index (χ0) is 25.9. The summed E-state index contributed by atoms with van der Waals surface area (Å²) < 4.78 is 5.16. The Kier molecular flexibility index (Phi) is 4.07. The van der Waals surface area contributed by atoms with E-state index in [2.05, 4.69) is 134 Å². The molecule has 0 amide bonds. The molecule has 39 heavy (non-hydrogen) atoms. The van der Waals surface area contributed by atoms with Gasteiger partial charge in [-0.1, -0.05) is 92.7 Å². The highest BCUT2D eigenvalue weighted by atomic mass is 32.1. The van der Waals surface area contributed by atoms with E-state index in [0.717, 1.165) is 0 Å². The maximum atomic E-state index is 2.48. The van der Waals surface area contributed by atoms with Crippen LogP contribution in [0, 0.1) is 0 Å². The summed E-state index contributed by atoms with van der Waals surface area (Å²) in [5, 5.41) is 7.98. The molecule has 8 aromatic rings. The topological polar surface area (TPSA) is 4.93 Å². The molecule has 0 spiro atoms. The summed E-state index contributed by atoms with van der Waals surface area (Å²) in [6.45, 7) is 4.79. The molecule has 184 valence electrons. The zero-order valence-electron chi connectivity index (χ0n) is 21.8. The Hall–Kier alpha value is -4.40. The molecule has 2 aromatic heterocycles. The van der Waals surface area contributed by atoms with E-state index in [4.69, 9.17) is 0 Å². The predicted octanol–water partition coefficient (Wildman–Crippen LogP) is 10.6. The van der Waals surface area contributed by atoms with Crippen LogP contribution in [-0.4, -0.2) is 4.57 Å². The van der Waals surface area contributed by atoms with Crippen molar-refractivity contribution < 1.29 is 0 Å². The van der Waals surface area contributed by atoms with Gasteiger partial charge in [-0.25, -0.2) is 0 Å². The third kappa shape index (κ3) is 2.74. The molecule has 6 aromatic carbocycles. The molecule has 9 rings (SSSR count). The number of aromatic nitrogens is 1. The van der Waals surface area contributed by atoms with E-state index >= 15 is 0 Å². The summed E-state index contributed by atoms with van der Waals surface area (Å²) in [6.07, 6.45) is 0. The lowest BCUT2D eigenvalue weighted by atomic mass is 9.80. The summed E-state index contributed by atoms with van der Waals surface area (Å²) >= 11 is 1.88. The third-order valence-electron chi connectivity index (χ3n) is 8.95. The van der Waals surface area contributed by atoms with Crippen molar-refractivity contribution in [3.63, 3.8) is 0 Å². The first-order valence-corrected chi connectivity index (χ1v) is 14.4. The Morgan fingerprint density at radius 3 is 2.18 bits per heavy atom. The van der Waals surface area contributed by atoms with Crippen molar-refractivity contribution in [1.29, 1.82) is 0 Å². The standard InChI is InChI=1S/C37H25NS/c1-37(2)31-21-33-30(20-29(31)28-17-15-22-9-3-4-10-24(22)36(28)37)25-11-5-7-13-32(25)38(33)23-16-18-27-26-12-6-8-14-34(26)39-35(27)19-23/h3-21H,1-2H3. The predicted molar refractivity (Wildman–Crippen MR) is 169 cm³/mol. The van der Waals surface area contributed by atoms with Gasteiger partial charge in [-0.05, 0) is 69.4 Å². The van der Waals surface area contributed by atoms with Gasteiger partial charge >= 0.3 is 0 Å². The molecule has 0 unspecified atom stereocenters. The maximum absolute atomic E-state index is 2.48. The second kappa shape index (κ2) is 7.37. The van der Waals surface area contributed by atoms with Gasteiger partial charge in [0.25, 0.3) is 0 Å². The highest BCUT2D eigenvalue weighted by molar-refractivity contribution is 7.25. The number of para-hydroxylation sites is 1. The molecular formula is C37H25NS. The van der Waals surface area contributed by atoms with Crippen molar-refractivity contribution in [2.75, 3.05) is 0 Å². The van der Waals surface area contributed by atoms with Crippen LogP contribution in [0.4, 0.5) is 0 Å². The largest absolute Gasteiger partial charge is 0.309 e. The summed E-state index contributed by atoms with van der Waals surface area (Å²) in [5.74, 6) is 0. The van der Waals surface area contributed by atoms with E-state index < -0.39 is 0 Å². The minimum absolute atomic E-state index is 0.0869. The van der Waals surface area contributed by atoms with E-state index in [9.17, 15) is 0 Å². The minimum Gasteiger partial charge on any atom is -0.309 e. The van der Waals surface area contributed by atoms with Crippen molar-refractivity contribution in [3.8, 4) is 16.8 Å². The molecule has 1 aliphatic rings. The number of fused-ring (bicyclic) bond motifs is 11. The van der Waals surface area contributed by atoms with E-state index in [1.165, 1.54) is 80.7 Å². The maximum Gasteiger partial charge on any atom is 0.0544 e. The second-order valence-electron chi connectivity index (χ2n) is 11.4. The van der Waals surface area contributed by atoms with Gasteiger partial charge in [0.2, 0.25) is 0 Å². The van der Waals surface area contributed by atoms with Gasteiger partial charge in [0.05, 0.1) is 11.0 Å². The van der Waals surface area contributed by atoms with Gasteiger partial charge in [0.15, 0.2) is 0 Å². The van der Waals surface area contributed by atoms with Crippen LogP contribution in [0.25, 0.3) is 69.6 Å². The van der Waals surface area contributed by atoms with Crippen LogP contribution in [0.1, 0.15) is 25.0 Å². The quantitative estimate of drug-likeness (QED) is 0.205. The normalized spacial score (nSPS) is 14.1. The molecule has 0 atom stereocenters. The van der Waals surface area contributed by atoms with Gasteiger partial charge in [-0.15, -0.1) is 11.3 Å². The number of nitrogens with zero attached hydrogens (tertiary/aromatic N) is 1. The average molecular weight is 516 g/mol. The summed E-state index contributed by atoms with van der Waals surface area (Å²) in [5.41, 5.74) is 9.28. The molecule has 1 aliphatic carbocycles. The zero-order valence-corrected chi connectivity index (χ0v) is 22.6. The number of hydrogen-bond acceptors (Lipinski definition) is 1. The van der Waals surface area contributed by atoms with Crippen LogP contribution >= 0.6 is 11.3 Å². The first-order valence-electron chi connectivity index (χ1n) is 13.6. The van der Waals surface area contributed by atoms with Gasteiger partial charge in [-0.2, -0.15) is 0 Å². The van der Waals surface area contributed by atoms with Crippen LogP contribution in [0.15, 0.2) is 115 Å². The van der Waals surface area contributed by atoms with E-state index in [0.29, 0.717) is 0 Å². The molecule has 1 nitrogen and oxygen atoms in total. The molecule has 0 saturated carbocycles. The van der Waals surface area contributed by atoms with E-state index in [1.807, 2.05) is 11.3 Å². The first-order chi connectivity index (χ1) is 19.1. The molecule has 0 aliphatic heterocycles. The van der Waals surface area contributed by atoms with Crippen molar-refractivity contribution in [1.82, 2.24) is 4.57 Å². The minimum atomic E-state index is -0.0869. The molecular weight excluding hydrogens is 490 g/mol. The number of hydrogen-bond donors (Lipinski definition) is 0. The monoisotopic (exact) mass is 515 g/mol. The van der Waals surface area contributed by atoms with Crippen LogP contribution < -0.4 is 0 Å². The smallest absolute Gasteiger partial charge is 0.0544 e. The molecule has 0 N–H and O–H groups in total. The van der Waals surface area contributed by atoms with Gasteiger partial charge in [0, 0.05) is 42.0 Å². The highest BCUT2D eigenvalue weighted by Gasteiger charge is 2.37. The Morgan fingerprint density at radius 1 is 0.538 bits per heavy atom. The van der Waals surface area contributed by atoms with Crippen molar-refractivity contribution in [3.05, 3.63) is 126 Å². The Bertz CT molecular complexity index is 2310. The molecule has 0 saturated heterocycles. The summed E-state index contributed by atoms with van der Waals surface area (Å²) in [7, 11) is 0. The molecule has 0 radical (unpaired) electrons. The molecule has 0 bridgehead atoms. The fourth-order valence-electron chi connectivity index (χ4n) is 7.19. The van der Waals surface area contributed by atoms with Crippen LogP contribution in [0.3, 0.4) is 0 Å². The van der Waals surface area contributed by atoms with Crippen molar-refractivity contribution in [2.45, 2.75) is 19.3 Å². The molecule has 2 heteroatoms. The van der Waals surface area contributed by atoms with Crippen LogP contribution in [0.5, 0.6) is 0 Å². The fraction of sp³-hybridized carbons (Fsp3) is 0.0811.